The largest absolute Gasteiger partial charge is 0.493 e. The highest BCUT2D eigenvalue weighted by molar-refractivity contribution is 5.30. The summed E-state index contributed by atoms with van der Waals surface area (Å²) in [5.41, 5.74) is 0.570. The second-order valence-electron chi connectivity index (χ2n) is 6.52. The molecule has 0 aromatic carbocycles. The second kappa shape index (κ2) is 6.36. The van der Waals surface area contributed by atoms with Crippen molar-refractivity contribution in [3.05, 3.63) is 11.9 Å². The Kier molecular flexibility index (Phi) is 4.94. The van der Waals surface area contributed by atoms with Crippen molar-refractivity contribution < 1.29 is 9.84 Å². The normalized spacial score (nSPS) is 27.9. The number of ether oxygens (including phenoxy) is 1. The zero-order valence-corrected chi connectivity index (χ0v) is 14.0. The van der Waals surface area contributed by atoms with E-state index in [1.165, 1.54) is 6.42 Å². The molecule has 21 heavy (non-hydrogen) atoms. The maximum atomic E-state index is 11.2. The van der Waals surface area contributed by atoms with Gasteiger partial charge in [-0.2, -0.15) is 5.10 Å². The average molecular weight is 295 g/mol. The number of aryl methyl sites for hydroxylation is 1. The zero-order chi connectivity index (χ0) is 15.6. The number of hydrogen-bond donors (Lipinski definition) is 1. The number of likely N-dealkylation sites (N-methyl/N-ethyl adjacent to an activating group) is 1. The third kappa shape index (κ3) is 2.81. The van der Waals surface area contributed by atoms with E-state index in [2.05, 4.69) is 31.0 Å². The van der Waals surface area contributed by atoms with Crippen molar-refractivity contribution in [3.8, 4) is 5.75 Å². The molecule has 1 aliphatic rings. The number of aromatic nitrogens is 2. The van der Waals surface area contributed by atoms with E-state index in [0.29, 0.717) is 11.7 Å². The maximum absolute atomic E-state index is 11.2. The lowest BCUT2D eigenvalue weighted by Crippen LogP contribution is -2.52. The minimum absolute atomic E-state index is 0.238. The number of methoxy groups -OCH3 is 1. The van der Waals surface area contributed by atoms with Crippen LogP contribution in [0, 0.1) is 5.92 Å². The highest BCUT2D eigenvalue weighted by atomic mass is 16.5. The first-order valence-electron chi connectivity index (χ1n) is 7.91. The van der Waals surface area contributed by atoms with Crippen LogP contribution in [0.1, 0.15) is 51.3 Å². The predicted molar refractivity (Wildman–Crippen MR) is 83.5 cm³/mol. The monoisotopic (exact) mass is 295 g/mol. The third-order valence-corrected chi connectivity index (χ3v) is 5.03. The molecule has 0 amide bonds. The Morgan fingerprint density at radius 2 is 2.29 bits per heavy atom. The quantitative estimate of drug-likeness (QED) is 0.906. The number of rotatable bonds is 5. The summed E-state index contributed by atoms with van der Waals surface area (Å²) in [4.78, 5) is 2.19. The third-order valence-electron chi connectivity index (χ3n) is 5.03. The lowest BCUT2D eigenvalue weighted by Gasteiger charge is -2.48. The highest BCUT2D eigenvalue weighted by Crippen LogP contribution is 2.45. The van der Waals surface area contributed by atoms with Gasteiger partial charge in [-0.3, -0.25) is 4.68 Å². The lowest BCUT2D eigenvalue weighted by molar-refractivity contribution is -0.0499. The van der Waals surface area contributed by atoms with Crippen LogP contribution in [0.25, 0.3) is 0 Å². The smallest absolute Gasteiger partial charge is 0.162 e. The molecule has 1 N–H and O–H groups in total. The van der Waals surface area contributed by atoms with Crippen molar-refractivity contribution in [2.45, 2.75) is 57.7 Å². The Hall–Kier alpha value is -1.07. The van der Waals surface area contributed by atoms with Gasteiger partial charge < -0.3 is 14.7 Å². The van der Waals surface area contributed by atoms with Crippen LogP contribution in [0.2, 0.25) is 0 Å². The Labute approximate surface area is 127 Å². The summed E-state index contributed by atoms with van der Waals surface area (Å²) in [6.45, 7) is 5.04. The fourth-order valence-corrected chi connectivity index (χ4v) is 3.78. The van der Waals surface area contributed by atoms with Crippen molar-refractivity contribution in [2.24, 2.45) is 5.92 Å². The Bertz CT molecular complexity index is 451. The molecule has 2 rings (SSSR count). The fraction of sp³-hybridized carbons (Fsp3) is 0.812. The van der Waals surface area contributed by atoms with Gasteiger partial charge in [0.25, 0.3) is 0 Å². The van der Waals surface area contributed by atoms with Crippen LogP contribution < -0.4 is 4.74 Å². The summed E-state index contributed by atoms with van der Waals surface area (Å²) in [5.74, 6) is 1.31. The molecule has 5 heteroatoms. The van der Waals surface area contributed by atoms with Crippen LogP contribution in [0.15, 0.2) is 6.20 Å². The van der Waals surface area contributed by atoms with E-state index in [1.54, 1.807) is 13.3 Å². The number of nitrogens with zero attached hydrogens (tertiary/aromatic N) is 3. The second-order valence-corrected chi connectivity index (χ2v) is 6.52. The summed E-state index contributed by atoms with van der Waals surface area (Å²) in [6, 6.07) is 0. The van der Waals surface area contributed by atoms with E-state index in [9.17, 15) is 5.11 Å². The average Bonchev–Trinajstić information content (AvgIpc) is 2.88. The van der Waals surface area contributed by atoms with E-state index >= 15 is 0 Å². The van der Waals surface area contributed by atoms with Crippen LogP contribution in [0.4, 0.5) is 0 Å². The van der Waals surface area contributed by atoms with Gasteiger partial charge in [-0.25, -0.2) is 0 Å². The first-order valence-corrected chi connectivity index (χ1v) is 7.91. The summed E-state index contributed by atoms with van der Waals surface area (Å²) in [6.07, 6.45) is 5.51. The van der Waals surface area contributed by atoms with Crippen molar-refractivity contribution in [1.82, 2.24) is 14.7 Å². The Morgan fingerprint density at radius 3 is 2.81 bits per heavy atom. The molecule has 0 aliphatic heterocycles. The summed E-state index contributed by atoms with van der Waals surface area (Å²) >= 11 is 0. The SMILES string of the molecule is CCn1ncc(OC)c1C(O)C1(N(C)C)CCCC(C)C1. The standard InChI is InChI=1S/C16H29N3O2/c1-6-19-14(13(21-5)11-17-19)15(20)16(18(3)4)9-7-8-12(2)10-16/h11-12,15,20H,6-10H2,1-5H3. The molecule has 1 aromatic heterocycles. The topological polar surface area (TPSA) is 50.5 Å². The molecule has 3 atom stereocenters. The molecule has 0 saturated heterocycles. The molecule has 1 saturated carbocycles. The molecule has 0 spiro atoms. The fourth-order valence-electron chi connectivity index (χ4n) is 3.78. The van der Waals surface area contributed by atoms with Crippen LogP contribution in [-0.4, -0.2) is 46.5 Å². The molecule has 0 radical (unpaired) electrons. The van der Waals surface area contributed by atoms with Gasteiger partial charge in [0.1, 0.15) is 11.8 Å². The highest BCUT2D eigenvalue weighted by Gasteiger charge is 2.46. The van der Waals surface area contributed by atoms with Crippen LogP contribution >= 0.6 is 0 Å². The molecule has 0 bridgehead atoms. The van der Waals surface area contributed by atoms with Gasteiger partial charge in [0, 0.05) is 6.54 Å². The molecule has 3 unspecified atom stereocenters. The molecule has 1 aromatic rings. The van der Waals surface area contributed by atoms with E-state index in [4.69, 9.17) is 4.74 Å². The van der Waals surface area contributed by atoms with E-state index < -0.39 is 6.10 Å². The van der Waals surface area contributed by atoms with Gasteiger partial charge in [0.2, 0.25) is 0 Å². The summed E-state index contributed by atoms with van der Waals surface area (Å²) in [7, 11) is 5.78. The van der Waals surface area contributed by atoms with Crippen molar-refractivity contribution in [3.63, 3.8) is 0 Å². The van der Waals surface area contributed by atoms with E-state index in [-0.39, 0.29) is 5.54 Å². The van der Waals surface area contributed by atoms with Crippen molar-refractivity contribution in [2.75, 3.05) is 21.2 Å². The minimum Gasteiger partial charge on any atom is -0.493 e. The van der Waals surface area contributed by atoms with Crippen LogP contribution in [0.5, 0.6) is 5.75 Å². The van der Waals surface area contributed by atoms with Crippen molar-refractivity contribution >= 4 is 0 Å². The summed E-state index contributed by atoms with van der Waals surface area (Å²) < 4.78 is 7.28. The van der Waals surface area contributed by atoms with E-state index in [0.717, 1.165) is 31.5 Å². The minimum atomic E-state index is -0.590. The van der Waals surface area contributed by atoms with Crippen LogP contribution in [0.3, 0.4) is 0 Å². The summed E-state index contributed by atoms with van der Waals surface area (Å²) in [5, 5.41) is 15.6. The number of aliphatic hydroxyl groups is 1. The molecule has 5 nitrogen and oxygen atoms in total. The van der Waals surface area contributed by atoms with Gasteiger partial charge >= 0.3 is 0 Å². The zero-order valence-electron chi connectivity index (χ0n) is 14.0. The number of hydrogen-bond acceptors (Lipinski definition) is 4. The predicted octanol–water partition coefficient (Wildman–Crippen LogP) is 2.46. The van der Waals surface area contributed by atoms with Gasteiger partial charge in [0.15, 0.2) is 5.75 Å². The van der Waals surface area contributed by atoms with Gasteiger partial charge in [0.05, 0.1) is 18.8 Å². The molecule has 1 fully saturated rings. The Balaban J connectivity index is 2.43. The van der Waals surface area contributed by atoms with Crippen LogP contribution in [-0.2, 0) is 6.54 Å². The molecular formula is C16H29N3O2. The van der Waals surface area contributed by atoms with E-state index in [1.807, 2.05) is 11.6 Å². The van der Waals surface area contributed by atoms with Crippen molar-refractivity contribution in [1.29, 1.82) is 0 Å². The molecule has 120 valence electrons. The first kappa shape index (κ1) is 16.3. The molecule has 1 heterocycles. The number of aliphatic hydroxyl groups excluding tert-OH is 1. The van der Waals surface area contributed by atoms with Gasteiger partial charge in [-0.05, 0) is 39.8 Å². The Morgan fingerprint density at radius 1 is 1.57 bits per heavy atom. The molecular weight excluding hydrogens is 266 g/mol. The van der Waals surface area contributed by atoms with Gasteiger partial charge in [-0.1, -0.05) is 19.8 Å². The first-order chi connectivity index (χ1) is 9.96. The van der Waals surface area contributed by atoms with Gasteiger partial charge in [-0.15, -0.1) is 0 Å². The maximum Gasteiger partial charge on any atom is 0.162 e. The lowest BCUT2D eigenvalue weighted by atomic mass is 9.71. The molecule has 1 aliphatic carbocycles.